The van der Waals surface area contributed by atoms with Crippen molar-refractivity contribution in [1.29, 1.82) is 0 Å². The summed E-state index contributed by atoms with van der Waals surface area (Å²) >= 11 is 5.75. The third-order valence-corrected chi connectivity index (χ3v) is 3.65. The molecule has 116 valence electrons. The Labute approximate surface area is 129 Å². The van der Waals surface area contributed by atoms with Crippen LogP contribution in [0.3, 0.4) is 0 Å². The summed E-state index contributed by atoms with van der Waals surface area (Å²) in [6, 6.07) is 4.52. The van der Waals surface area contributed by atoms with Gasteiger partial charge in [0.15, 0.2) is 0 Å². The molecule has 0 fully saturated rings. The van der Waals surface area contributed by atoms with Crippen molar-refractivity contribution in [3.8, 4) is 0 Å². The van der Waals surface area contributed by atoms with Gasteiger partial charge in [-0.3, -0.25) is 14.9 Å². The third kappa shape index (κ3) is 5.34. The highest BCUT2D eigenvalue weighted by atomic mass is 35.5. The summed E-state index contributed by atoms with van der Waals surface area (Å²) in [5, 5.41) is 13.7. The lowest BCUT2D eigenvalue weighted by atomic mass is 10.0. The van der Waals surface area contributed by atoms with Crippen molar-refractivity contribution >= 4 is 23.2 Å². The van der Waals surface area contributed by atoms with Crippen molar-refractivity contribution < 1.29 is 9.72 Å². The average Bonchev–Trinajstić information content (AvgIpc) is 2.45. The van der Waals surface area contributed by atoms with Crippen molar-refractivity contribution in [3.05, 3.63) is 39.4 Å². The van der Waals surface area contributed by atoms with Gasteiger partial charge in [-0.15, -0.1) is 11.6 Å². The lowest BCUT2D eigenvalue weighted by Crippen LogP contribution is -2.29. The van der Waals surface area contributed by atoms with Crippen molar-refractivity contribution in [2.75, 3.05) is 12.4 Å². The lowest BCUT2D eigenvalue weighted by Gasteiger charge is -2.15. The molecule has 0 saturated carbocycles. The minimum atomic E-state index is -0.473. The van der Waals surface area contributed by atoms with Crippen LogP contribution in [-0.4, -0.2) is 23.3 Å². The first-order valence-corrected chi connectivity index (χ1v) is 7.62. The Kier molecular flexibility index (Phi) is 7.15. The quantitative estimate of drug-likeness (QED) is 0.452. The summed E-state index contributed by atoms with van der Waals surface area (Å²) in [7, 11) is 0. The standard InChI is InChI=1S/C15H21ClN2O3/c1-3-4-12(7-8-16)10-17-15(19)13-6-5-11(2)14(9-13)18(20)21/h5-6,9,12H,3-4,7-8,10H2,1-2H3,(H,17,19). The number of amides is 1. The second-order valence-electron chi connectivity index (χ2n) is 5.10. The first kappa shape index (κ1) is 17.4. The van der Waals surface area contributed by atoms with Gasteiger partial charge in [0, 0.05) is 29.6 Å². The molecule has 0 heterocycles. The van der Waals surface area contributed by atoms with Crippen LogP contribution in [0.4, 0.5) is 5.69 Å². The van der Waals surface area contributed by atoms with Crippen LogP contribution in [0.25, 0.3) is 0 Å². The van der Waals surface area contributed by atoms with Crippen LogP contribution in [0, 0.1) is 23.0 Å². The van der Waals surface area contributed by atoms with Crippen molar-refractivity contribution in [2.24, 2.45) is 5.92 Å². The molecule has 1 amide bonds. The molecular formula is C15H21ClN2O3. The minimum Gasteiger partial charge on any atom is -0.352 e. The zero-order valence-electron chi connectivity index (χ0n) is 12.4. The lowest BCUT2D eigenvalue weighted by molar-refractivity contribution is -0.385. The molecule has 0 aliphatic carbocycles. The number of nitro groups is 1. The number of nitro benzene ring substituents is 1. The summed E-state index contributed by atoms with van der Waals surface area (Å²) in [6.45, 7) is 4.28. The molecule has 1 N–H and O–H groups in total. The predicted molar refractivity (Wildman–Crippen MR) is 83.9 cm³/mol. The van der Waals surface area contributed by atoms with Gasteiger partial charge in [-0.05, 0) is 31.7 Å². The van der Waals surface area contributed by atoms with Gasteiger partial charge in [0.1, 0.15) is 0 Å². The molecule has 1 unspecified atom stereocenters. The largest absolute Gasteiger partial charge is 0.352 e. The maximum atomic E-state index is 12.1. The zero-order valence-corrected chi connectivity index (χ0v) is 13.2. The summed E-state index contributed by atoms with van der Waals surface area (Å²) < 4.78 is 0. The van der Waals surface area contributed by atoms with Gasteiger partial charge in [-0.2, -0.15) is 0 Å². The van der Waals surface area contributed by atoms with Crippen LogP contribution in [0.1, 0.15) is 42.1 Å². The molecule has 1 atom stereocenters. The Balaban J connectivity index is 2.71. The number of halogens is 1. The number of carbonyl (C=O) groups is 1. The van der Waals surface area contributed by atoms with Crippen LogP contribution >= 0.6 is 11.6 Å². The van der Waals surface area contributed by atoms with Crippen LogP contribution < -0.4 is 5.32 Å². The van der Waals surface area contributed by atoms with Crippen molar-refractivity contribution in [3.63, 3.8) is 0 Å². The van der Waals surface area contributed by atoms with Gasteiger partial charge in [0.2, 0.25) is 0 Å². The van der Waals surface area contributed by atoms with Crippen molar-refractivity contribution in [1.82, 2.24) is 5.32 Å². The van der Waals surface area contributed by atoms with E-state index in [9.17, 15) is 14.9 Å². The fraction of sp³-hybridized carbons (Fsp3) is 0.533. The van der Waals surface area contributed by atoms with E-state index in [1.807, 2.05) is 0 Å². The highest BCUT2D eigenvalue weighted by Crippen LogP contribution is 2.19. The van der Waals surface area contributed by atoms with Gasteiger partial charge >= 0.3 is 0 Å². The van der Waals surface area contributed by atoms with E-state index in [4.69, 9.17) is 11.6 Å². The number of nitrogens with zero attached hydrogens (tertiary/aromatic N) is 1. The maximum absolute atomic E-state index is 12.1. The normalized spacial score (nSPS) is 12.0. The van der Waals surface area contributed by atoms with Gasteiger partial charge in [0.05, 0.1) is 4.92 Å². The number of alkyl halides is 1. The van der Waals surface area contributed by atoms with Gasteiger partial charge in [-0.1, -0.05) is 19.4 Å². The molecule has 0 bridgehead atoms. The molecular weight excluding hydrogens is 292 g/mol. The molecule has 0 radical (unpaired) electrons. The molecule has 0 aliphatic heterocycles. The number of carbonyl (C=O) groups excluding carboxylic acids is 1. The number of aryl methyl sites for hydroxylation is 1. The Morgan fingerprint density at radius 1 is 1.43 bits per heavy atom. The Morgan fingerprint density at radius 3 is 2.71 bits per heavy atom. The van der Waals surface area contributed by atoms with E-state index in [0.717, 1.165) is 19.3 Å². The molecule has 0 spiro atoms. The van der Waals surface area contributed by atoms with E-state index in [1.165, 1.54) is 6.07 Å². The minimum absolute atomic E-state index is 0.0338. The number of hydrogen-bond acceptors (Lipinski definition) is 3. The Morgan fingerprint density at radius 2 is 2.14 bits per heavy atom. The van der Waals surface area contributed by atoms with Crippen LogP contribution in [0.2, 0.25) is 0 Å². The number of benzene rings is 1. The molecule has 0 aromatic heterocycles. The van der Waals surface area contributed by atoms with E-state index < -0.39 is 4.92 Å². The van der Waals surface area contributed by atoms with Gasteiger partial charge in [-0.25, -0.2) is 0 Å². The zero-order chi connectivity index (χ0) is 15.8. The van der Waals surface area contributed by atoms with E-state index in [2.05, 4.69) is 12.2 Å². The Bertz CT molecular complexity index is 500. The number of nitrogens with one attached hydrogen (secondary N) is 1. The van der Waals surface area contributed by atoms with Crippen LogP contribution in [0.15, 0.2) is 18.2 Å². The molecule has 0 aliphatic rings. The summed E-state index contributed by atoms with van der Waals surface area (Å²) in [6.07, 6.45) is 2.89. The summed E-state index contributed by atoms with van der Waals surface area (Å²) in [4.78, 5) is 22.5. The second-order valence-corrected chi connectivity index (χ2v) is 5.48. The molecule has 1 aromatic carbocycles. The van der Waals surface area contributed by atoms with E-state index in [1.54, 1.807) is 19.1 Å². The molecule has 5 nitrogen and oxygen atoms in total. The topological polar surface area (TPSA) is 72.2 Å². The predicted octanol–water partition coefficient (Wildman–Crippen LogP) is 3.68. The molecule has 1 aromatic rings. The average molecular weight is 313 g/mol. The Hall–Kier alpha value is -1.62. The number of hydrogen-bond donors (Lipinski definition) is 1. The molecule has 21 heavy (non-hydrogen) atoms. The number of rotatable bonds is 8. The van der Waals surface area contributed by atoms with E-state index in [-0.39, 0.29) is 11.6 Å². The SMILES string of the molecule is CCCC(CCCl)CNC(=O)c1ccc(C)c([N+](=O)[O-])c1. The van der Waals surface area contributed by atoms with Gasteiger partial charge in [0.25, 0.3) is 11.6 Å². The first-order chi connectivity index (χ1) is 9.99. The van der Waals surface area contributed by atoms with Crippen LogP contribution in [-0.2, 0) is 0 Å². The first-order valence-electron chi connectivity index (χ1n) is 7.08. The highest BCUT2D eigenvalue weighted by Gasteiger charge is 2.16. The highest BCUT2D eigenvalue weighted by molar-refractivity contribution is 6.17. The fourth-order valence-electron chi connectivity index (χ4n) is 2.20. The third-order valence-electron chi connectivity index (χ3n) is 3.43. The second kappa shape index (κ2) is 8.62. The maximum Gasteiger partial charge on any atom is 0.273 e. The molecule has 0 saturated heterocycles. The fourth-order valence-corrected chi connectivity index (χ4v) is 2.51. The van der Waals surface area contributed by atoms with E-state index >= 15 is 0 Å². The smallest absolute Gasteiger partial charge is 0.273 e. The summed E-state index contributed by atoms with van der Waals surface area (Å²) in [5.74, 6) is 0.627. The molecule has 1 rings (SSSR count). The van der Waals surface area contributed by atoms with Crippen LogP contribution in [0.5, 0.6) is 0 Å². The van der Waals surface area contributed by atoms with Gasteiger partial charge < -0.3 is 5.32 Å². The van der Waals surface area contributed by atoms with Crippen molar-refractivity contribution in [2.45, 2.75) is 33.1 Å². The summed E-state index contributed by atoms with van der Waals surface area (Å²) in [5.41, 5.74) is 0.824. The molecule has 6 heteroatoms. The monoisotopic (exact) mass is 312 g/mol. The van der Waals surface area contributed by atoms with E-state index in [0.29, 0.717) is 29.5 Å².